The van der Waals surface area contributed by atoms with Gasteiger partial charge in [-0.2, -0.15) is 0 Å². The van der Waals surface area contributed by atoms with Gasteiger partial charge in [-0.15, -0.1) is 0 Å². The van der Waals surface area contributed by atoms with E-state index in [9.17, 15) is 24.9 Å². The maximum atomic E-state index is 12.4. The molecular formula is C23H25N3O5. The normalized spacial score (nSPS) is 18.7. The number of nitrogens with one attached hydrogen (secondary N) is 1. The predicted octanol–water partition coefficient (Wildman–Crippen LogP) is 1.99. The molecule has 8 nitrogen and oxygen atoms in total. The number of fused-ring (bicyclic) bond motifs is 4. The number of likely N-dealkylation sites (tertiary alicyclic amines) is 1. The number of benzene rings is 1. The zero-order chi connectivity index (χ0) is 21.9. The SMILES string of the molecule is Cn1c(CN2CCC(O)C2)cc2cc3c(cc21)CCCc1c-3[nH]c(=O)c(C(=O)O)c1O. The summed E-state index contributed by atoms with van der Waals surface area (Å²) in [5.41, 5.74) is 3.72. The van der Waals surface area contributed by atoms with Gasteiger partial charge in [-0.05, 0) is 49.4 Å². The topological polar surface area (TPSA) is 119 Å². The van der Waals surface area contributed by atoms with Crippen molar-refractivity contribution in [3.8, 4) is 17.0 Å². The number of carboxylic acid groups (broad SMARTS) is 1. The van der Waals surface area contributed by atoms with E-state index in [0.29, 0.717) is 24.2 Å². The van der Waals surface area contributed by atoms with Crippen molar-refractivity contribution >= 4 is 16.9 Å². The quantitative estimate of drug-likeness (QED) is 0.512. The van der Waals surface area contributed by atoms with Crippen molar-refractivity contribution in [3.05, 3.63) is 50.9 Å². The second-order valence-corrected chi connectivity index (χ2v) is 8.63. The van der Waals surface area contributed by atoms with Gasteiger partial charge in [0.2, 0.25) is 0 Å². The van der Waals surface area contributed by atoms with Crippen LogP contribution in [0.15, 0.2) is 23.0 Å². The molecule has 5 rings (SSSR count). The fourth-order valence-corrected chi connectivity index (χ4v) is 5.02. The lowest BCUT2D eigenvalue weighted by atomic mass is 9.98. The molecule has 2 aliphatic rings. The molecule has 1 saturated heterocycles. The summed E-state index contributed by atoms with van der Waals surface area (Å²) in [6.45, 7) is 2.31. The Balaban J connectivity index is 1.64. The molecular weight excluding hydrogens is 398 g/mol. The maximum Gasteiger partial charge on any atom is 0.345 e. The van der Waals surface area contributed by atoms with Crippen molar-refractivity contribution in [3.63, 3.8) is 0 Å². The number of aromatic hydroxyl groups is 1. The standard InChI is InChI=1S/C23H25N3O5/c1-25-14(10-26-6-5-15(27)11-26)7-13-8-17-12(9-18(13)25)3-2-4-16-20(17)24-22(29)19(21(16)28)23(30)31/h7-9,15,27H,2-6,10-11H2,1H3,(H,30,31)(H2,24,28,29). The Morgan fingerprint density at radius 3 is 2.77 bits per heavy atom. The van der Waals surface area contributed by atoms with Crippen LogP contribution in [-0.2, 0) is 26.4 Å². The van der Waals surface area contributed by atoms with E-state index in [1.54, 1.807) is 0 Å². The molecule has 8 heteroatoms. The van der Waals surface area contributed by atoms with Crippen LogP contribution in [0.3, 0.4) is 0 Å². The molecule has 2 aromatic heterocycles. The molecule has 0 radical (unpaired) electrons. The predicted molar refractivity (Wildman–Crippen MR) is 116 cm³/mol. The second-order valence-electron chi connectivity index (χ2n) is 8.63. The van der Waals surface area contributed by atoms with Gasteiger partial charge in [0.15, 0.2) is 5.56 Å². The van der Waals surface area contributed by atoms with Gasteiger partial charge in [-0.25, -0.2) is 4.79 Å². The highest BCUT2D eigenvalue weighted by Gasteiger charge is 2.26. The van der Waals surface area contributed by atoms with Crippen LogP contribution in [-0.4, -0.2) is 54.9 Å². The summed E-state index contributed by atoms with van der Waals surface area (Å²) >= 11 is 0. The first-order valence-corrected chi connectivity index (χ1v) is 10.6. The number of carbonyl (C=O) groups is 1. The number of aromatic amines is 1. The van der Waals surface area contributed by atoms with Crippen LogP contribution in [0.4, 0.5) is 0 Å². The van der Waals surface area contributed by atoms with Gasteiger partial charge in [0.1, 0.15) is 5.75 Å². The zero-order valence-electron chi connectivity index (χ0n) is 17.3. The van der Waals surface area contributed by atoms with Gasteiger partial charge in [-0.1, -0.05) is 0 Å². The first kappa shape index (κ1) is 19.8. The smallest absolute Gasteiger partial charge is 0.345 e. The van der Waals surface area contributed by atoms with Crippen molar-refractivity contribution in [2.75, 3.05) is 13.1 Å². The molecule has 1 aliphatic heterocycles. The number of aliphatic hydroxyl groups excluding tert-OH is 1. The molecule has 1 unspecified atom stereocenters. The number of hydrogen-bond acceptors (Lipinski definition) is 5. The van der Waals surface area contributed by atoms with Crippen LogP contribution >= 0.6 is 0 Å². The average Bonchev–Trinajstić information content (AvgIpc) is 3.19. The number of nitrogens with zero attached hydrogens (tertiary/aromatic N) is 2. The number of aliphatic hydroxyl groups is 1. The number of aromatic carboxylic acids is 1. The Morgan fingerprint density at radius 2 is 2.06 bits per heavy atom. The summed E-state index contributed by atoms with van der Waals surface area (Å²) in [5.74, 6) is -1.86. The third kappa shape index (κ3) is 3.23. The molecule has 0 bridgehead atoms. The molecule has 1 aliphatic carbocycles. The van der Waals surface area contributed by atoms with E-state index in [4.69, 9.17) is 0 Å². The van der Waals surface area contributed by atoms with E-state index in [1.807, 2.05) is 13.1 Å². The minimum absolute atomic E-state index is 0.262. The Labute approximate surface area is 178 Å². The fourth-order valence-electron chi connectivity index (χ4n) is 5.02. The molecule has 0 spiro atoms. The van der Waals surface area contributed by atoms with Crippen LogP contribution in [0.2, 0.25) is 0 Å². The highest BCUT2D eigenvalue weighted by Crippen LogP contribution is 2.38. The highest BCUT2D eigenvalue weighted by atomic mass is 16.4. The third-order valence-corrected chi connectivity index (χ3v) is 6.65. The van der Waals surface area contributed by atoms with E-state index in [0.717, 1.165) is 60.1 Å². The first-order chi connectivity index (χ1) is 14.8. The molecule has 3 heterocycles. The van der Waals surface area contributed by atoms with Crippen LogP contribution in [0.25, 0.3) is 22.2 Å². The van der Waals surface area contributed by atoms with Crippen molar-refractivity contribution in [1.29, 1.82) is 0 Å². The van der Waals surface area contributed by atoms with Gasteiger partial charge >= 0.3 is 5.97 Å². The summed E-state index contributed by atoms with van der Waals surface area (Å²) in [6.07, 6.45) is 2.54. The highest BCUT2D eigenvalue weighted by molar-refractivity contribution is 5.93. The van der Waals surface area contributed by atoms with E-state index in [2.05, 4.69) is 26.6 Å². The number of hydrogen-bond donors (Lipinski definition) is 4. The average molecular weight is 423 g/mol. The molecule has 1 fully saturated rings. The van der Waals surface area contributed by atoms with Gasteiger partial charge in [0.05, 0.1) is 11.8 Å². The minimum atomic E-state index is -1.43. The zero-order valence-corrected chi connectivity index (χ0v) is 17.3. The molecule has 162 valence electrons. The fraction of sp³-hybridized carbons (Fsp3) is 0.391. The monoisotopic (exact) mass is 423 g/mol. The minimum Gasteiger partial charge on any atom is -0.506 e. The molecule has 0 saturated carbocycles. The Morgan fingerprint density at radius 1 is 1.26 bits per heavy atom. The lowest BCUT2D eigenvalue weighted by molar-refractivity contribution is 0.0691. The van der Waals surface area contributed by atoms with E-state index in [-0.39, 0.29) is 6.10 Å². The van der Waals surface area contributed by atoms with Crippen LogP contribution < -0.4 is 5.56 Å². The number of β-amino-alcohol motifs (C(OH)–C–C–N with tert-alkyl or cyclic N) is 1. The number of aryl methyl sites for hydroxylation is 2. The maximum absolute atomic E-state index is 12.4. The van der Waals surface area contributed by atoms with E-state index >= 15 is 0 Å². The first-order valence-electron chi connectivity index (χ1n) is 10.6. The van der Waals surface area contributed by atoms with Gasteiger partial charge < -0.3 is 24.9 Å². The van der Waals surface area contributed by atoms with Crippen molar-refractivity contribution in [2.24, 2.45) is 7.05 Å². The molecule has 3 aromatic rings. The number of H-pyrrole nitrogens is 1. The molecule has 1 aromatic carbocycles. The number of pyridine rings is 1. The van der Waals surface area contributed by atoms with Gasteiger partial charge in [0.25, 0.3) is 5.56 Å². The number of rotatable bonds is 3. The lowest BCUT2D eigenvalue weighted by Crippen LogP contribution is -2.22. The Bertz CT molecular complexity index is 1270. The molecule has 0 amide bonds. The van der Waals surface area contributed by atoms with Gasteiger partial charge in [0, 0.05) is 54.4 Å². The van der Waals surface area contributed by atoms with E-state index < -0.39 is 22.8 Å². The number of carboxylic acids is 1. The summed E-state index contributed by atoms with van der Waals surface area (Å²) < 4.78 is 2.17. The van der Waals surface area contributed by atoms with Crippen LogP contribution in [0, 0.1) is 0 Å². The Kier molecular flexibility index (Phi) is 4.64. The summed E-state index contributed by atoms with van der Waals surface area (Å²) in [5, 5.41) is 30.7. The van der Waals surface area contributed by atoms with Crippen LogP contribution in [0.5, 0.6) is 5.75 Å². The third-order valence-electron chi connectivity index (χ3n) is 6.65. The summed E-state index contributed by atoms with van der Waals surface area (Å²) in [6, 6.07) is 6.27. The van der Waals surface area contributed by atoms with Gasteiger partial charge in [-0.3, -0.25) is 9.69 Å². The number of aromatic nitrogens is 2. The lowest BCUT2D eigenvalue weighted by Gasteiger charge is -2.15. The Hall–Kier alpha value is -3.10. The van der Waals surface area contributed by atoms with Crippen molar-refractivity contribution < 1.29 is 20.1 Å². The largest absolute Gasteiger partial charge is 0.506 e. The van der Waals surface area contributed by atoms with E-state index in [1.165, 1.54) is 0 Å². The van der Waals surface area contributed by atoms with Crippen molar-refractivity contribution in [1.82, 2.24) is 14.5 Å². The molecule has 4 N–H and O–H groups in total. The van der Waals surface area contributed by atoms with Crippen molar-refractivity contribution in [2.45, 2.75) is 38.3 Å². The molecule has 31 heavy (non-hydrogen) atoms. The van der Waals surface area contributed by atoms with Crippen LogP contribution in [0.1, 0.15) is 40.0 Å². The summed E-state index contributed by atoms with van der Waals surface area (Å²) in [4.78, 5) is 28.8. The summed E-state index contributed by atoms with van der Waals surface area (Å²) in [7, 11) is 2.04. The molecule has 1 atom stereocenters. The second kappa shape index (κ2) is 7.25.